The van der Waals surface area contributed by atoms with Gasteiger partial charge in [0.1, 0.15) is 17.2 Å². The van der Waals surface area contributed by atoms with Crippen molar-refractivity contribution in [3.05, 3.63) is 71.3 Å². The SMILES string of the molecule is C[C@]1(C(=O)NCc2ccc(F)cc2)CN(S(C)(=O)=O)CC(=O)N1Cc1ccc(F)cc1. The monoisotopic (exact) mass is 451 g/mol. The fourth-order valence-corrected chi connectivity index (χ4v) is 4.27. The third-order valence-corrected chi connectivity index (χ3v) is 6.47. The van der Waals surface area contributed by atoms with Crippen LogP contribution in [-0.4, -0.2) is 54.3 Å². The minimum absolute atomic E-state index is 0.0111. The molecular weight excluding hydrogens is 428 g/mol. The minimum atomic E-state index is -3.72. The largest absolute Gasteiger partial charge is 0.350 e. The van der Waals surface area contributed by atoms with E-state index in [2.05, 4.69) is 5.32 Å². The summed E-state index contributed by atoms with van der Waals surface area (Å²) in [7, 11) is -3.72. The molecule has 0 unspecified atom stereocenters. The van der Waals surface area contributed by atoms with Gasteiger partial charge in [-0.05, 0) is 42.3 Å². The summed E-state index contributed by atoms with van der Waals surface area (Å²) in [6.07, 6.45) is 0.979. The Kier molecular flexibility index (Phi) is 6.42. The summed E-state index contributed by atoms with van der Waals surface area (Å²) in [4.78, 5) is 27.4. The summed E-state index contributed by atoms with van der Waals surface area (Å²) in [5.41, 5.74) is -0.266. The van der Waals surface area contributed by atoms with E-state index in [4.69, 9.17) is 0 Å². The van der Waals surface area contributed by atoms with E-state index in [0.29, 0.717) is 11.1 Å². The van der Waals surface area contributed by atoms with E-state index in [1.165, 1.54) is 60.4 Å². The topological polar surface area (TPSA) is 86.8 Å². The Balaban J connectivity index is 1.87. The van der Waals surface area contributed by atoms with Gasteiger partial charge in [-0.1, -0.05) is 24.3 Å². The van der Waals surface area contributed by atoms with Gasteiger partial charge < -0.3 is 10.2 Å². The summed E-state index contributed by atoms with van der Waals surface area (Å²) in [6.45, 7) is 0.962. The zero-order chi connectivity index (χ0) is 22.8. The molecule has 7 nitrogen and oxygen atoms in total. The lowest BCUT2D eigenvalue weighted by atomic mass is 9.94. The molecule has 0 aliphatic carbocycles. The Morgan fingerprint density at radius 3 is 2.06 bits per heavy atom. The number of halogens is 2. The molecule has 0 aromatic heterocycles. The Bertz CT molecular complexity index is 1070. The third-order valence-electron chi connectivity index (χ3n) is 5.27. The number of amides is 2. The fourth-order valence-electron chi connectivity index (χ4n) is 3.44. The highest BCUT2D eigenvalue weighted by molar-refractivity contribution is 7.88. The van der Waals surface area contributed by atoms with Crippen LogP contribution in [0.3, 0.4) is 0 Å². The molecule has 1 saturated heterocycles. The van der Waals surface area contributed by atoms with E-state index < -0.39 is 39.0 Å². The molecule has 1 aliphatic heterocycles. The molecule has 0 spiro atoms. The maximum Gasteiger partial charge on any atom is 0.247 e. The molecular formula is C21H23F2N3O4S. The van der Waals surface area contributed by atoms with E-state index in [0.717, 1.165) is 10.6 Å². The summed E-state index contributed by atoms with van der Waals surface area (Å²) < 4.78 is 51.5. The molecule has 3 rings (SSSR count). The molecule has 31 heavy (non-hydrogen) atoms. The van der Waals surface area contributed by atoms with Crippen molar-refractivity contribution < 1.29 is 26.8 Å². The van der Waals surface area contributed by atoms with Gasteiger partial charge in [0, 0.05) is 19.6 Å². The van der Waals surface area contributed by atoms with Gasteiger partial charge in [0.2, 0.25) is 21.8 Å². The van der Waals surface area contributed by atoms with Crippen LogP contribution in [0, 0.1) is 11.6 Å². The predicted octanol–water partition coefficient (Wildman–Crippen LogP) is 1.64. The molecule has 1 heterocycles. The van der Waals surface area contributed by atoms with Crippen LogP contribution in [0.25, 0.3) is 0 Å². The van der Waals surface area contributed by atoms with Gasteiger partial charge in [0.05, 0.1) is 12.8 Å². The molecule has 10 heteroatoms. The molecule has 1 N–H and O–H groups in total. The van der Waals surface area contributed by atoms with Gasteiger partial charge >= 0.3 is 0 Å². The van der Waals surface area contributed by atoms with Crippen LogP contribution >= 0.6 is 0 Å². The lowest BCUT2D eigenvalue weighted by molar-refractivity contribution is -0.153. The summed E-state index contributed by atoms with van der Waals surface area (Å²) in [5, 5.41) is 2.71. The molecule has 0 bridgehead atoms. The molecule has 2 aromatic carbocycles. The Morgan fingerprint density at radius 2 is 1.55 bits per heavy atom. The van der Waals surface area contributed by atoms with Crippen LogP contribution in [0.5, 0.6) is 0 Å². The number of nitrogens with zero attached hydrogens (tertiary/aromatic N) is 2. The van der Waals surface area contributed by atoms with E-state index in [-0.39, 0.29) is 26.2 Å². The van der Waals surface area contributed by atoms with Crippen molar-refractivity contribution in [2.45, 2.75) is 25.6 Å². The zero-order valence-electron chi connectivity index (χ0n) is 17.1. The number of piperazine rings is 1. The fraction of sp³-hybridized carbons (Fsp3) is 0.333. The first-order valence-corrected chi connectivity index (χ1v) is 11.4. The maximum absolute atomic E-state index is 13.2. The summed E-state index contributed by atoms with van der Waals surface area (Å²) in [5.74, 6) is -1.94. The molecule has 2 amide bonds. The van der Waals surface area contributed by atoms with E-state index in [1.54, 1.807) is 0 Å². The van der Waals surface area contributed by atoms with Crippen molar-refractivity contribution in [1.29, 1.82) is 0 Å². The average Bonchev–Trinajstić information content (AvgIpc) is 2.70. The van der Waals surface area contributed by atoms with Gasteiger partial charge in [-0.25, -0.2) is 17.2 Å². The van der Waals surface area contributed by atoms with Crippen molar-refractivity contribution in [2.24, 2.45) is 0 Å². The second kappa shape index (κ2) is 8.72. The van der Waals surface area contributed by atoms with E-state index >= 15 is 0 Å². The number of nitrogens with one attached hydrogen (secondary N) is 1. The molecule has 1 aliphatic rings. The van der Waals surface area contributed by atoms with Gasteiger partial charge in [-0.2, -0.15) is 4.31 Å². The van der Waals surface area contributed by atoms with Crippen molar-refractivity contribution in [3.8, 4) is 0 Å². The maximum atomic E-state index is 13.2. The highest BCUT2D eigenvalue weighted by Gasteiger charge is 2.49. The molecule has 2 aromatic rings. The van der Waals surface area contributed by atoms with Gasteiger partial charge in [0.15, 0.2) is 0 Å². The van der Waals surface area contributed by atoms with Crippen LogP contribution in [0.15, 0.2) is 48.5 Å². The van der Waals surface area contributed by atoms with Crippen molar-refractivity contribution in [2.75, 3.05) is 19.3 Å². The highest BCUT2D eigenvalue weighted by atomic mass is 32.2. The second-order valence-corrected chi connectivity index (χ2v) is 9.70. The Hall–Kier alpha value is -2.85. The van der Waals surface area contributed by atoms with Crippen LogP contribution in [-0.2, 0) is 32.7 Å². The lowest BCUT2D eigenvalue weighted by Crippen LogP contribution is -2.69. The average molecular weight is 451 g/mol. The third kappa shape index (κ3) is 5.26. The quantitative estimate of drug-likeness (QED) is 0.724. The first kappa shape index (κ1) is 22.8. The molecule has 1 fully saturated rings. The first-order chi connectivity index (χ1) is 14.5. The van der Waals surface area contributed by atoms with Gasteiger partial charge in [0.25, 0.3) is 0 Å². The number of rotatable bonds is 6. The standard InChI is InChI=1S/C21H23F2N3O4S/c1-21(20(28)24-11-15-3-7-17(22)8-4-15)14-25(31(2,29)30)13-19(27)26(21)12-16-5-9-18(23)10-6-16/h3-10H,11-14H2,1-2H3,(H,24,28)/t21-/m1/s1. The molecule has 0 radical (unpaired) electrons. The van der Waals surface area contributed by atoms with Crippen LogP contribution < -0.4 is 5.32 Å². The van der Waals surface area contributed by atoms with Gasteiger partial charge in [-0.15, -0.1) is 0 Å². The normalized spacial score (nSPS) is 20.0. The predicted molar refractivity (Wildman–Crippen MR) is 110 cm³/mol. The smallest absolute Gasteiger partial charge is 0.247 e. The van der Waals surface area contributed by atoms with Crippen LogP contribution in [0.4, 0.5) is 8.78 Å². The number of carbonyl (C=O) groups is 2. The number of carbonyl (C=O) groups excluding carboxylic acids is 2. The minimum Gasteiger partial charge on any atom is -0.350 e. The van der Waals surface area contributed by atoms with Crippen molar-refractivity contribution in [3.63, 3.8) is 0 Å². The van der Waals surface area contributed by atoms with Crippen molar-refractivity contribution in [1.82, 2.24) is 14.5 Å². The Labute approximate surface area is 179 Å². The second-order valence-electron chi connectivity index (χ2n) is 7.72. The Morgan fingerprint density at radius 1 is 1.03 bits per heavy atom. The molecule has 0 saturated carbocycles. The van der Waals surface area contributed by atoms with E-state index in [1.807, 2.05) is 0 Å². The van der Waals surface area contributed by atoms with Crippen LogP contribution in [0.1, 0.15) is 18.1 Å². The number of benzene rings is 2. The van der Waals surface area contributed by atoms with Gasteiger partial charge in [-0.3, -0.25) is 9.59 Å². The summed E-state index contributed by atoms with van der Waals surface area (Å²) >= 11 is 0. The number of hydrogen-bond acceptors (Lipinski definition) is 4. The van der Waals surface area contributed by atoms with Crippen molar-refractivity contribution >= 4 is 21.8 Å². The molecule has 1 atom stereocenters. The zero-order valence-corrected chi connectivity index (χ0v) is 18.0. The molecule has 166 valence electrons. The van der Waals surface area contributed by atoms with Crippen LogP contribution in [0.2, 0.25) is 0 Å². The lowest BCUT2D eigenvalue weighted by Gasteiger charge is -2.46. The first-order valence-electron chi connectivity index (χ1n) is 9.52. The highest BCUT2D eigenvalue weighted by Crippen LogP contribution is 2.27. The van der Waals surface area contributed by atoms with E-state index in [9.17, 15) is 26.8 Å². The number of sulfonamides is 1. The summed E-state index contributed by atoms with van der Waals surface area (Å²) in [6, 6.07) is 11.1. The number of hydrogen-bond donors (Lipinski definition) is 1.